The Morgan fingerprint density at radius 3 is 2.35 bits per heavy atom. The molecule has 0 atom stereocenters. The Labute approximate surface area is 183 Å². The number of halogens is 2. The van der Waals surface area contributed by atoms with Gasteiger partial charge in [-0.1, -0.05) is 22.8 Å². The van der Waals surface area contributed by atoms with Crippen LogP contribution in [0.15, 0.2) is 65.2 Å². The summed E-state index contributed by atoms with van der Waals surface area (Å²) >= 11 is 6.11. The van der Waals surface area contributed by atoms with Crippen LogP contribution in [0.2, 0.25) is 5.02 Å². The van der Waals surface area contributed by atoms with E-state index in [2.05, 4.69) is 36.2 Å². The number of nitrogens with zero attached hydrogens (tertiary/aromatic N) is 6. The van der Waals surface area contributed by atoms with E-state index < -0.39 is 0 Å². The molecule has 0 aliphatic carbocycles. The van der Waals surface area contributed by atoms with E-state index in [1.54, 1.807) is 12.1 Å². The minimum Gasteiger partial charge on any atom is -0.368 e. The predicted octanol–water partition coefficient (Wildman–Crippen LogP) is 4.31. The van der Waals surface area contributed by atoms with E-state index in [0.717, 1.165) is 42.7 Å². The number of benzene rings is 2. The van der Waals surface area contributed by atoms with Gasteiger partial charge in [-0.2, -0.15) is 4.98 Å². The topological polar surface area (TPSA) is 71.2 Å². The summed E-state index contributed by atoms with van der Waals surface area (Å²) in [4.78, 5) is 8.83. The van der Waals surface area contributed by atoms with Crippen molar-refractivity contribution < 1.29 is 8.91 Å². The average Bonchev–Trinajstić information content (AvgIpc) is 3.30. The highest BCUT2D eigenvalue weighted by molar-refractivity contribution is 6.30. The summed E-state index contributed by atoms with van der Waals surface area (Å²) in [6.07, 6.45) is 0. The van der Waals surface area contributed by atoms with Gasteiger partial charge in [0.05, 0.1) is 0 Å². The first kappa shape index (κ1) is 19.4. The van der Waals surface area contributed by atoms with Gasteiger partial charge in [0.15, 0.2) is 11.5 Å². The van der Waals surface area contributed by atoms with E-state index in [4.69, 9.17) is 16.1 Å². The molecule has 0 saturated carbocycles. The van der Waals surface area contributed by atoms with Crippen molar-refractivity contribution in [3.05, 3.63) is 71.5 Å². The van der Waals surface area contributed by atoms with Gasteiger partial charge in [0.2, 0.25) is 5.82 Å². The van der Waals surface area contributed by atoms with Gasteiger partial charge in [-0.3, -0.25) is 0 Å². The fraction of sp³-hybridized carbons (Fsp3) is 0.182. The van der Waals surface area contributed by atoms with Crippen LogP contribution in [0, 0.1) is 5.82 Å². The molecule has 0 N–H and O–H groups in total. The zero-order chi connectivity index (χ0) is 21.2. The molecule has 7 nitrogen and oxygen atoms in total. The van der Waals surface area contributed by atoms with Crippen LogP contribution in [0.5, 0.6) is 0 Å². The monoisotopic (exact) mass is 436 g/mol. The fourth-order valence-electron chi connectivity index (χ4n) is 3.52. The van der Waals surface area contributed by atoms with Gasteiger partial charge in [0.1, 0.15) is 5.82 Å². The molecule has 0 bridgehead atoms. The second-order valence-corrected chi connectivity index (χ2v) is 7.60. The minimum atomic E-state index is -0.317. The van der Waals surface area contributed by atoms with E-state index in [1.165, 1.54) is 12.1 Å². The smallest absolute Gasteiger partial charge is 0.278 e. The molecule has 1 saturated heterocycles. The van der Waals surface area contributed by atoms with Crippen molar-refractivity contribution >= 4 is 23.1 Å². The summed E-state index contributed by atoms with van der Waals surface area (Å²) in [5.41, 5.74) is 2.28. The zero-order valence-corrected chi connectivity index (χ0v) is 17.2. The SMILES string of the molecule is Fc1ccc(-c2noc(-c3ccc(N4CCN(c5cccc(Cl)c5)CC4)nn3)n2)cc1. The third-order valence-electron chi connectivity index (χ3n) is 5.18. The maximum atomic E-state index is 13.1. The number of aromatic nitrogens is 4. The van der Waals surface area contributed by atoms with Crippen LogP contribution in [-0.4, -0.2) is 46.5 Å². The van der Waals surface area contributed by atoms with E-state index in [-0.39, 0.29) is 11.7 Å². The van der Waals surface area contributed by atoms with Crippen LogP contribution in [-0.2, 0) is 0 Å². The second-order valence-electron chi connectivity index (χ2n) is 7.16. The maximum Gasteiger partial charge on any atom is 0.278 e. The summed E-state index contributed by atoms with van der Waals surface area (Å²) in [7, 11) is 0. The zero-order valence-electron chi connectivity index (χ0n) is 16.4. The highest BCUT2D eigenvalue weighted by atomic mass is 35.5. The molecule has 156 valence electrons. The van der Waals surface area contributed by atoms with Gasteiger partial charge < -0.3 is 14.3 Å². The summed E-state index contributed by atoms with van der Waals surface area (Å²) in [5, 5.41) is 13.3. The first-order valence-corrected chi connectivity index (χ1v) is 10.2. The van der Waals surface area contributed by atoms with Gasteiger partial charge in [-0.15, -0.1) is 10.2 Å². The molecule has 1 aliphatic heterocycles. The van der Waals surface area contributed by atoms with Crippen molar-refractivity contribution in [1.29, 1.82) is 0 Å². The minimum absolute atomic E-state index is 0.268. The number of piperazine rings is 1. The molecule has 31 heavy (non-hydrogen) atoms. The van der Waals surface area contributed by atoms with Crippen molar-refractivity contribution in [3.8, 4) is 23.0 Å². The Hall–Kier alpha value is -3.52. The van der Waals surface area contributed by atoms with Crippen LogP contribution in [0.3, 0.4) is 0 Å². The second kappa shape index (κ2) is 8.31. The lowest BCUT2D eigenvalue weighted by Crippen LogP contribution is -2.46. The highest BCUT2D eigenvalue weighted by Gasteiger charge is 2.20. The lowest BCUT2D eigenvalue weighted by Gasteiger charge is -2.36. The van der Waals surface area contributed by atoms with Gasteiger partial charge in [-0.05, 0) is 54.6 Å². The third kappa shape index (κ3) is 4.20. The molecule has 1 fully saturated rings. The van der Waals surface area contributed by atoms with Crippen molar-refractivity contribution in [1.82, 2.24) is 20.3 Å². The molecule has 0 unspecified atom stereocenters. The Morgan fingerprint density at radius 2 is 1.65 bits per heavy atom. The number of rotatable bonds is 4. The Balaban J connectivity index is 1.25. The predicted molar refractivity (Wildman–Crippen MR) is 117 cm³/mol. The van der Waals surface area contributed by atoms with Crippen LogP contribution < -0.4 is 9.80 Å². The molecule has 2 aromatic carbocycles. The number of hydrogen-bond donors (Lipinski definition) is 0. The lowest BCUT2D eigenvalue weighted by molar-refractivity contribution is 0.430. The number of anilines is 2. The lowest BCUT2D eigenvalue weighted by atomic mass is 10.2. The van der Waals surface area contributed by atoms with E-state index >= 15 is 0 Å². The fourth-order valence-corrected chi connectivity index (χ4v) is 3.70. The molecule has 0 radical (unpaired) electrons. The molecule has 1 aliphatic rings. The quantitative estimate of drug-likeness (QED) is 0.472. The molecular formula is C22H18ClFN6O. The van der Waals surface area contributed by atoms with E-state index in [1.807, 2.05) is 30.3 Å². The van der Waals surface area contributed by atoms with Crippen LogP contribution >= 0.6 is 11.6 Å². The van der Waals surface area contributed by atoms with Gasteiger partial charge in [-0.25, -0.2) is 4.39 Å². The number of hydrogen-bond acceptors (Lipinski definition) is 7. The van der Waals surface area contributed by atoms with Crippen LogP contribution in [0.1, 0.15) is 0 Å². The summed E-state index contributed by atoms with van der Waals surface area (Å²) in [5.74, 6) is 1.12. The normalized spacial score (nSPS) is 14.1. The van der Waals surface area contributed by atoms with Crippen LogP contribution in [0.25, 0.3) is 23.0 Å². The average molecular weight is 437 g/mol. The molecule has 0 amide bonds. The molecule has 2 aromatic heterocycles. The first-order valence-electron chi connectivity index (χ1n) is 9.85. The molecule has 5 rings (SSSR count). The molecule has 9 heteroatoms. The van der Waals surface area contributed by atoms with Gasteiger partial charge in [0, 0.05) is 42.5 Å². The summed E-state index contributed by atoms with van der Waals surface area (Å²) in [6.45, 7) is 3.40. The molecule has 0 spiro atoms. The Kier molecular flexibility index (Phi) is 5.21. The summed E-state index contributed by atoms with van der Waals surface area (Å²) in [6, 6.07) is 17.5. The highest BCUT2D eigenvalue weighted by Crippen LogP contribution is 2.24. The van der Waals surface area contributed by atoms with Crippen molar-refractivity contribution in [2.75, 3.05) is 36.0 Å². The molecule has 3 heterocycles. The van der Waals surface area contributed by atoms with Gasteiger partial charge in [0.25, 0.3) is 5.89 Å². The molecule has 4 aromatic rings. The van der Waals surface area contributed by atoms with E-state index in [0.29, 0.717) is 17.1 Å². The largest absolute Gasteiger partial charge is 0.368 e. The third-order valence-corrected chi connectivity index (χ3v) is 5.41. The standard InChI is InChI=1S/C22H18ClFN6O/c23-16-2-1-3-18(14-16)29-10-12-30(13-11-29)20-9-8-19(26-27-20)22-25-21(28-31-22)15-4-6-17(24)7-5-15/h1-9,14H,10-13H2. The van der Waals surface area contributed by atoms with Crippen molar-refractivity contribution in [2.45, 2.75) is 0 Å². The Morgan fingerprint density at radius 1 is 0.871 bits per heavy atom. The van der Waals surface area contributed by atoms with E-state index in [9.17, 15) is 4.39 Å². The van der Waals surface area contributed by atoms with Gasteiger partial charge >= 0.3 is 0 Å². The van der Waals surface area contributed by atoms with Crippen molar-refractivity contribution in [3.63, 3.8) is 0 Å². The maximum absolute atomic E-state index is 13.1. The Bertz CT molecular complexity index is 1170. The van der Waals surface area contributed by atoms with Crippen molar-refractivity contribution in [2.24, 2.45) is 0 Å². The van der Waals surface area contributed by atoms with Crippen LogP contribution in [0.4, 0.5) is 15.9 Å². The molecular weight excluding hydrogens is 419 g/mol. The first-order chi connectivity index (χ1) is 15.2. The summed E-state index contributed by atoms with van der Waals surface area (Å²) < 4.78 is 18.4.